The molecule has 0 atom stereocenters. The molecule has 0 spiro atoms. The van der Waals surface area contributed by atoms with Gasteiger partial charge in [-0.3, -0.25) is 4.79 Å². The second-order valence-electron chi connectivity index (χ2n) is 4.90. The molecule has 3 rings (SSSR count). The average molecular weight is 315 g/mol. The van der Waals surface area contributed by atoms with Gasteiger partial charge in [-0.1, -0.05) is 43.3 Å². The molecule has 108 valence electrons. The maximum Gasteiger partial charge on any atom is 0.198 e. The van der Waals surface area contributed by atoms with Crippen molar-refractivity contribution in [3.8, 4) is 0 Å². The predicted molar refractivity (Wildman–Crippen MR) is 91.3 cm³/mol. The molecule has 2 aromatic rings. The van der Waals surface area contributed by atoms with Crippen molar-refractivity contribution >= 4 is 34.6 Å². The van der Waals surface area contributed by atoms with Crippen LogP contribution in [0.15, 0.2) is 57.8 Å². The van der Waals surface area contributed by atoms with Gasteiger partial charge in [-0.05, 0) is 30.0 Å². The highest BCUT2D eigenvalue weighted by atomic mass is 32.2. The maximum atomic E-state index is 12.3. The van der Waals surface area contributed by atoms with Crippen LogP contribution in [0.1, 0.15) is 29.4 Å². The molecule has 0 radical (unpaired) electrons. The zero-order chi connectivity index (χ0) is 14.7. The number of allylic oxidation sites excluding steroid dienone is 1. The first-order valence-corrected chi connectivity index (χ1v) is 8.83. The third-order valence-electron chi connectivity index (χ3n) is 3.39. The Morgan fingerprint density at radius 1 is 1.24 bits per heavy atom. The Morgan fingerprint density at radius 3 is 2.86 bits per heavy atom. The van der Waals surface area contributed by atoms with Gasteiger partial charge in [-0.2, -0.15) is 0 Å². The summed E-state index contributed by atoms with van der Waals surface area (Å²) in [6.07, 6.45) is 4.06. The Kier molecular flexibility index (Phi) is 4.46. The summed E-state index contributed by atoms with van der Waals surface area (Å²) in [5.41, 5.74) is 1.22. The topological polar surface area (TPSA) is 20.3 Å². The van der Waals surface area contributed by atoms with Crippen LogP contribution in [0.5, 0.6) is 0 Å². The number of hydrogen-bond acceptors (Lipinski definition) is 4. The first-order valence-electron chi connectivity index (χ1n) is 7.13. The van der Waals surface area contributed by atoms with Crippen LogP contribution in [-0.2, 0) is 0 Å². The van der Waals surface area contributed by atoms with E-state index in [1.54, 1.807) is 17.8 Å². The first-order chi connectivity index (χ1) is 10.3. The lowest BCUT2D eigenvalue weighted by molar-refractivity contribution is 0.105. The standard InChI is InChI=1S/C17H17NOS2/c1-2-3-10-18-13-7-4-5-8-15(13)21-17(18)12-14(19)16-9-6-11-20-16/h4-9,11-12H,2-3,10H2,1H3/b17-12-. The number of unbranched alkanes of at least 4 members (excludes halogenated alkanes) is 1. The number of anilines is 1. The normalized spacial score (nSPS) is 15.5. The smallest absolute Gasteiger partial charge is 0.198 e. The fourth-order valence-corrected chi connectivity index (χ4v) is 4.07. The van der Waals surface area contributed by atoms with E-state index in [9.17, 15) is 4.79 Å². The zero-order valence-electron chi connectivity index (χ0n) is 11.9. The number of hydrogen-bond donors (Lipinski definition) is 0. The average Bonchev–Trinajstić information content (AvgIpc) is 3.13. The molecule has 0 saturated heterocycles. The van der Waals surface area contributed by atoms with E-state index < -0.39 is 0 Å². The van der Waals surface area contributed by atoms with Gasteiger partial charge in [-0.15, -0.1) is 11.3 Å². The number of para-hydroxylation sites is 1. The van der Waals surface area contributed by atoms with Crippen molar-refractivity contribution in [1.82, 2.24) is 0 Å². The van der Waals surface area contributed by atoms with Gasteiger partial charge in [0.1, 0.15) is 0 Å². The molecule has 1 aliphatic heterocycles. The van der Waals surface area contributed by atoms with E-state index in [0.717, 1.165) is 29.3 Å². The highest BCUT2D eigenvalue weighted by Gasteiger charge is 2.25. The molecule has 1 aromatic heterocycles. The SMILES string of the molecule is CCCCN1/C(=C/C(=O)c2cccs2)Sc2ccccc21. The minimum Gasteiger partial charge on any atom is -0.335 e. The second-order valence-corrected chi connectivity index (χ2v) is 6.91. The summed E-state index contributed by atoms with van der Waals surface area (Å²) in [7, 11) is 0. The minimum absolute atomic E-state index is 0.0989. The molecule has 1 aromatic carbocycles. The van der Waals surface area contributed by atoms with E-state index in [1.807, 2.05) is 23.6 Å². The Morgan fingerprint density at radius 2 is 2.10 bits per heavy atom. The lowest BCUT2D eigenvalue weighted by Gasteiger charge is -2.19. The molecule has 0 fully saturated rings. The number of thiophene rings is 1. The molecule has 2 nitrogen and oxygen atoms in total. The van der Waals surface area contributed by atoms with Crippen molar-refractivity contribution in [2.75, 3.05) is 11.4 Å². The summed E-state index contributed by atoms with van der Waals surface area (Å²) in [5, 5.41) is 2.99. The first kappa shape index (κ1) is 14.4. The van der Waals surface area contributed by atoms with Crippen LogP contribution < -0.4 is 4.90 Å². The number of thioether (sulfide) groups is 1. The van der Waals surface area contributed by atoms with Gasteiger partial charge in [0.25, 0.3) is 0 Å². The molecule has 0 saturated carbocycles. The van der Waals surface area contributed by atoms with Crippen LogP contribution in [-0.4, -0.2) is 12.3 Å². The summed E-state index contributed by atoms with van der Waals surface area (Å²) in [5.74, 6) is 0.0989. The van der Waals surface area contributed by atoms with Crippen LogP contribution >= 0.6 is 23.1 Å². The highest BCUT2D eigenvalue weighted by molar-refractivity contribution is 8.03. The van der Waals surface area contributed by atoms with Gasteiger partial charge in [-0.25, -0.2) is 0 Å². The monoisotopic (exact) mass is 315 g/mol. The fourth-order valence-electron chi connectivity index (χ4n) is 2.31. The van der Waals surface area contributed by atoms with E-state index in [-0.39, 0.29) is 5.78 Å². The number of benzene rings is 1. The lowest BCUT2D eigenvalue weighted by Crippen LogP contribution is -2.19. The molecule has 2 heterocycles. The summed E-state index contributed by atoms with van der Waals surface area (Å²) < 4.78 is 0. The minimum atomic E-state index is 0.0989. The molecule has 4 heteroatoms. The van der Waals surface area contributed by atoms with E-state index in [0.29, 0.717) is 0 Å². The Bertz CT molecular complexity index is 661. The van der Waals surface area contributed by atoms with Gasteiger partial charge in [0.05, 0.1) is 15.6 Å². The number of nitrogens with zero attached hydrogens (tertiary/aromatic N) is 1. The molecule has 21 heavy (non-hydrogen) atoms. The van der Waals surface area contributed by atoms with Gasteiger partial charge >= 0.3 is 0 Å². The summed E-state index contributed by atoms with van der Waals surface area (Å²) in [6, 6.07) is 12.2. The lowest BCUT2D eigenvalue weighted by atomic mass is 10.2. The van der Waals surface area contributed by atoms with Gasteiger partial charge in [0.15, 0.2) is 5.78 Å². The largest absolute Gasteiger partial charge is 0.335 e. The van der Waals surface area contributed by atoms with Crippen molar-refractivity contribution in [2.45, 2.75) is 24.7 Å². The maximum absolute atomic E-state index is 12.3. The van der Waals surface area contributed by atoms with E-state index in [1.165, 1.54) is 21.9 Å². The van der Waals surface area contributed by atoms with Gasteiger partial charge in [0, 0.05) is 17.5 Å². The molecular formula is C17H17NOS2. The van der Waals surface area contributed by atoms with E-state index >= 15 is 0 Å². The van der Waals surface area contributed by atoms with Crippen LogP contribution in [0.25, 0.3) is 0 Å². The molecule has 0 amide bonds. The molecular weight excluding hydrogens is 298 g/mol. The van der Waals surface area contributed by atoms with Crippen molar-refractivity contribution in [1.29, 1.82) is 0 Å². The molecule has 0 N–H and O–H groups in total. The predicted octanol–water partition coefficient (Wildman–Crippen LogP) is 5.18. The fraction of sp³-hybridized carbons (Fsp3) is 0.235. The van der Waals surface area contributed by atoms with Crippen molar-refractivity contribution in [3.05, 3.63) is 57.8 Å². The summed E-state index contributed by atoms with van der Waals surface area (Å²) in [4.78, 5) is 16.6. The molecule has 0 unspecified atom stereocenters. The Labute approximate surface area is 133 Å². The number of rotatable bonds is 5. The second kappa shape index (κ2) is 6.50. The number of carbonyl (C=O) groups excluding carboxylic acids is 1. The van der Waals surface area contributed by atoms with Crippen LogP contribution in [0.2, 0.25) is 0 Å². The molecule has 0 bridgehead atoms. The molecule has 1 aliphatic rings. The van der Waals surface area contributed by atoms with Gasteiger partial charge in [0.2, 0.25) is 0 Å². The summed E-state index contributed by atoms with van der Waals surface area (Å²) in [6.45, 7) is 3.15. The van der Waals surface area contributed by atoms with E-state index in [4.69, 9.17) is 0 Å². The van der Waals surface area contributed by atoms with Gasteiger partial charge < -0.3 is 4.90 Å². The van der Waals surface area contributed by atoms with Crippen molar-refractivity contribution in [2.24, 2.45) is 0 Å². The summed E-state index contributed by atoms with van der Waals surface area (Å²) >= 11 is 3.19. The number of fused-ring (bicyclic) bond motifs is 1. The number of carbonyl (C=O) groups is 1. The third-order valence-corrected chi connectivity index (χ3v) is 5.39. The highest BCUT2D eigenvalue weighted by Crippen LogP contribution is 2.45. The quantitative estimate of drug-likeness (QED) is 0.560. The van der Waals surface area contributed by atoms with E-state index in [2.05, 4.69) is 30.0 Å². The molecule has 0 aliphatic carbocycles. The van der Waals surface area contributed by atoms with Crippen molar-refractivity contribution in [3.63, 3.8) is 0 Å². The van der Waals surface area contributed by atoms with Crippen molar-refractivity contribution < 1.29 is 4.79 Å². The number of ketones is 1. The Hall–Kier alpha value is -1.52. The van der Waals surface area contributed by atoms with Crippen LogP contribution in [0, 0.1) is 0 Å². The Balaban J connectivity index is 1.89. The van der Waals surface area contributed by atoms with Crippen LogP contribution in [0.3, 0.4) is 0 Å². The third kappa shape index (κ3) is 3.06. The van der Waals surface area contributed by atoms with Crippen LogP contribution in [0.4, 0.5) is 5.69 Å². The zero-order valence-corrected chi connectivity index (χ0v) is 13.5.